The highest BCUT2D eigenvalue weighted by atomic mass is 16.5. The Kier molecular flexibility index (Phi) is 5.14. The van der Waals surface area contributed by atoms with E-state index in [1.807, 2.05) is 47.6 Å². The predicted molar refractivity (Wildman–Crippen MR) is 93.8 cm³/mol. The van der Waals surface area contributed by atoms with E-state index in [-0.39, 0.29) is 5.97 Å². The maximum absolute atomic E-state index is 11.1. The van der Waals surface area contributed by atoms with Gasteiger partial charge in [-0.25, -0.2) is 4.98 Å². The number of hydrogen-bond acceptors (Lipinski definition) is 4. The number of esters is 1. The van der Waals surface area contributed by atoms with Crippen molar-refractivity contribution in [2.24, 2.45) is 0 Å². The van der Waals surface area contributed by atoms with Gasteiger partial charge in [0.1, 0.15) is 0 Å². The smallest absolute Gasteiger partial charge is 0.305 e. The predicted octanol–water partition coefficient (Wildman–Crippen LogP) is 3.10. The van der Waals surface area contributed by atoms with E-state index in [1.54, 1.807) is 0 Å². The minimum absolute atomic E-state index is 0.164. The molecule has 0 fully saturated rings. The van der Waals surface area contributed by atoms with Gasteiger partial charge in [0.05, 0.1) is 37.3 Å². The zero-order chi connectivity index (χ0) is 17.6. The molecule has 1 aromatic carbocycles. The van der Waals surface area contributed by atoms with E-state index in [1.165, 1.54) is 7.11 Å². The molecule has 0 N–H and O–H groups in total. The lowest BCUT2D eigenvalue weighted by Gasteiger charge is -2.04. The fourth-order valence-corrected chi connectivity index (χ4v) is 2.84. The first-order chi connectivity index (χ1) is 12.2. The summed E-state index contributed by atoms with van der Waals surface area (Å²) in [5.74, 6) is -0.164. The van der Waals surface area contributed by atoms with Gasteiger partial charge in [-0.3, -0.25) is 4.79 Å². The molecule has 2 aromatic heterocycles. The Morgan fingerprint density at radius 2 is 2.20 bits per heavy atom. The molecule has 6 nitrogen and oxygen atoms in total. The van der Waals surface area contributed by atoms with Crippen LogP contribution in [0, 0.1) is 11.3 Å². The molecule has 0 atom stereocenters. The van der Waals surface area contributed by atoms with E-state index in [0.29, 0.717) is 18.5 Å². The Labute approximate surface area is 146 Å². The molecule has 0 saturated carbocycles. The summed E-state index contributed by atoms with van der Waals surface area (Å²) in [6.45, 7) is 1.49. The van der Waals surface area contributed by atoms with Crippen molar-refractivity contribution in [3.8, 4) is 6.07 Å². The molecule has 128 valence electrons. The van der Waals surface area contributed by atoms with Gasteiger partial charge in [-0.05, 0) is 36.4 Å². The van der Waals surface area contributed by atoms with Gasteiger partial charge in [0.15, 0.2) is 0 Å². The molecule has 25 heavy (non-hydrogen) atoms. The third kappa shape index (κ3) is 4.07. The minimum Gasteiger partial charge on any atom is -0.469 e. The standard InChI is InChI=1S/C19H20N4O2/c1-25-19(24)4-2-3-8-22-12-17(21-14-22)13-23-9-7-16-6-5-15(11-20)10-18(16)23/h5-7,9-10,12,14H,2-4,8,13H2,1H3. The molecule has 2 heterocycles. The van der Waals surface area contributed by atoms with Crippen LogP contribution in [0.5, 0.6) is 0 Å². The van der Waals surface area contributed by atoms with E-state index < -0.39 is 0 Å². The summed E-state index contributed by atoms with van der Waals surface area (Å²) in [5.41, 5.74) is 2.66. The van der Waals surface area contributed by atoms with Gasteiger partial charge in [0.25, 0.3) is 0 Å². The summed E-state index contributed by atoms with van der Waals surface area (Å²) in [6.07, 6.45) is 8.02. The van der Waals surface area contributed by atoms with Crippen molar-refractivity contribution < 1.29 is 9.53 Å². The third-order valence-corrected chi connectivity index (χ3v) is 4.20. The number of nitrogens with zero attached hydrogens (tertiary/aromatic N) is 4. The average molecular weight is 336 g/mol. The SMILES string of the molecule is COC(=O)CCCCn1cnc(Cn2ccc3ccc(C#N)cc32)c1. The van der Waals surface area contributed by atoms with E-state index >= 15 is 0 Å². The van der Waals surface area contributed by atoms with Crippen LogP contribution in [0.4, 0.5) is 0 Å². The van der Waals surface area contributed by atoms with Crippen molar-refractivity contribution in [1.82, 2.24) is 14.1 Å². The Bertz CT molecular complexity index is 917. The number of imidazole rings is 1. The van der Waals surface area contributed by atoms with Crippen molar-refractivity contribution in [2.75, 3.05) is 7.11 Å². The Balaban J connectivity index is 1.62. The third-order valence-electron chi connectivity index (χ3n) is 4.20. The van der Waals surface area contributed by atoms with Crippen LogP contribution >= 0.6 is 0 Å². The first-order valence-electron chi connectivity index (χ1n) is 8.26. The first-order valence-corrected chi connectivity index (χ1v) is 8.26. The number of aromatic nitrogens is 3. The Morgan fingerprint density at radius 1 is 1.32 bits per heavy atom. The highest BCUT2D eigenvalue weighted by molar-refractivity contribution is 5.81. The van der Waals surface area contributed by atoms with Crippen LogP contribution in [0.15, 0.2) is 43.0 Å². The van der Waals surface area contributed by atoms with Crippen LogP contribution < -0.4 is 0 Å². The lowest BCUT2D eigenvalue weighted by molar-refractivity contribution is -0.140. The van der Waals surface area contributed by atoms with Crippen molar-refractivity contribution in [3.63, 3.8) is 0 Å². The second-order valence-electron chi connectivity index (χ2n) is 5.97. The van der Waals surface area contributed by atoms with Crippen LogP contribution in [0.2, 0.25) is 0 Å². The van der Waals surface area contributed by atoms with Gasteiger partial charge < -0.3 is 13.9 Å². The maximum Gasteiger partial charge on any atom is 0.305 e. The lowest BCUT2D eigenvalue weighted by Crippen LogP contribution is -2.01. The summed E-state index contributed by atoms with van der Waals surface area (Å²) in [5, 5.41) is 10.2. The molecule has 0 aliphatic carbocycles. The average Bonchev–Trinajstić information content (AvgIpc) is 3.25. The van der Waals surface area contributed by atoms with Crippen molar-refractivity contribution >= 4 is 16.9 Å². The zero-order valence-corrected chi connectivity index (χ0v) is 14.2. The minimum atomic E-state index is -0.164. The van der Waals surface area contributed by atoms with E-state index in [2.05, 4.69) is 20.4 Å². The van der Waals surface area contributed by atoms with Crippen LogP contribution in [-0.2, 0) is 22.6 Å². The molecule has 0 aliphatic rings. The van der Waals surface area contributed by atoms with Gasteiger partial charge in [0, 0.05) is 30.9 Å². The van der Waals surface area contributed by atoms with Crippen molar-refractivity contribution in [2.45, 2.75) is 32.4 Å². The van der Waals surface area contributed by atoms with Crippen LogP contribution in [-0.4, -0.2) is 27.2 Å². The topological polar surface area (TPSA) is 72.8 Å². The molecule has 6 heteroatoms. The molecule has 3 rings (SSSR count). The number of hydrogen-bond donors (Lipinski definition) is 0. The molecule has 0 radical (unpaired) electrons. The summed E-state index contributed by atoms with van der Waals surface area (Å²) < 4.78 is 8.77. The molecule has 0 bridgehead atoms. The van der Waals surface area contributed by atoms with Gasteiger partial charge in [-0.1, -0.05) is 6.07 Å². The summed E-state index contributed by atoms with van der Waals surface area (Å²) in [7, 11) is 1.41. The second-order valence-corrected chi connectivity index (χ2v) is 5.97. The highest BCUT2D eigenvalue weighted by Crippen LogP contribution is 2.18. The molecule has 0 saturated heterocycles. The lowest BCUT2D eigenvalue weighted by atomic mass is 10.2. The van der Waals surface area contributed by atoms with Gasteiger partial charge >= 0.3 is 5.97 Å². The number of benzene rings is 1. The molecule has 0 spiro atoms. The van der Waals surface area contributed by atoms with Crippen LogP contribution in [0.25, 0.3) is 10.9 Å². The summed E-state index contributed by atoms with van der Waals surface area (Å²) in [4.78, 5) is 15.5. The quantitative estimate of drug-likeness (QED) is 0.491. The van der Waals surface area contributed by atoms with Gasteiger partial charge in [0.2, 0.25) is 0 Å². The highest BCUT2D eigenvalue weighted by Gasteiger charge is 2.06. The largest absolute Gasteiger partial charge is 0.469 e. The number of nitriles is 1. The van der Waals surface area contributed by atoms with E-state index in [0.717, 1.165) is 36.0 Å². The summed E-state index contributed by atoms with van der Waals surface area (Å²) in [6, 6.07) is 9.91. The molecule has 0 unspecified atom stereocenters. The number of methoxy groups -OCH3 is 1. The van der Waals surface area contributed by atoms with Crippen LogP contribution in [0.3, 0.4) is 0 Å². The molecular formula is C19H20N4O2. The van der Waals surface area contributed by atoms with E-state index in [9.17, 15) is 4.79 Å². The van der Waals surface area contributed by atoms with Gasteiger partial charge in [-0.2, -0.15) is 5.26 Å². The molecule has 0 aliphatic heterocycles. The Morgan fingerprint density at radius 3 is 3.00 bits per heavy atom. The first kappa shape index (κ1) is 16.8. The van der Waals surface area contributed by atoms with Gasteiger partial charge in [-0.15, -0.1) is 0 Å². The number of fused-ring (bicyclic) bond motifs is 1. The van der Waals surface area contributed by atoms with Crippen molar-refractivity contribution in [3.05, 3.63) is 54.2 Å². The number of ether oxygens (including phenoxy) is 1. The molecule has 3 aromatic rings. The Hall–Kier alpha value is -3.07. The second kappa shape index (κ2) is 7.67. The normalized spacial score (nSPS) is 10.7. The number of carbonyl (C=O) groups is 1. The number of rotatable bonds is 7. The molecular weight excluding hydrogens is 316 g/mol. The monoisotopic (exact) mass is 336 g/mol. The summed E-state index contributed by atoms with van der Waals surface area (Å²) >= 11 is 0. The zero-order valence-electron chi connectivity index (χ0n) is 14.2. The van der Waals surface area contributed by atoms with Crippen molar-refractivity contribution in [1.29, 1.82) is 5.26 Å². The number of unbranched alkanes of at least 4 members (excludes halogenated alkanes) is 1. The maximum atomic E-state index is 11.1. The molecule has 0 amide bonds. The fraction of sp³-hybridized carbons (Fsp3) is 0.316. The van der Waals surface area contributed by atoms with E-state index in [4.69, 9.17) is 5.26 Å². The number of carbonyl (C=O) groups excluding carboxylic acids is 1. The fourth-order valence-electron chi connectivity index (χ4n) is 2.84. The van der Waals surface area contributed by atoms with Crippen LogP contribution in [0.1, 0.15) is 30.5 Å². The number of aryl methyl sites for hydroxylation is 1.